The van der Waals surface area contributed by atoms with Gasteiger partial charge in [-0.1, -0.05) is 25.5 Å². The molecule has 1 fully saturated rings. The van der Waals surface area contributed by atoms with Crippen LogP contribution in [-0.4, -0.2) is 25.2 Å². The first-order chi connectivity index (χ1) is 9.79. The number of nitrogens with two attached hydrogens (primary N) is 1. The number of anilines is 1. The zero-order valence-corrected chi connectivity index (χ0v) is 12.5. The van der Waals surface area contributed by atoms with Crippen LogP contribution in [0.25, 0.3) is 0 Å². The molecule has 2 atom stereocenters. The van der Waals surface area contributed by atoms with Crippen LogP contribution in [0.1, 0.15) is 39.0 Å². The molecule has 0 amide bonds. The predicted molar refractivity (Wildman–Crippen MR) is 83.3 cm³/mol. The normalized spacial score (nSPS) is 29.7. The Labute approximate surface area is 122 Å². The van der Waals surface area contributed by atoms with Crippen molar-refractivity contribution in [3.8, 4) is 5.75 Å². The van der Waals surface area contributed by atoms with E-state index in [4.69, 9.17) is 10.5 Å². The summed E-state index contributed by atoms with van der Waals surface area (Å²) in [6.07, 6.45) is 6.11. The Hall–Kier alpha value is -1.22. The summed E-state index contributed by atoms with van der Waals surface area (Å²) >= 11 is 0. The quantitative estimate of drug-likeness (QED) is 0.920. The molecule has 2 N–H and O–H groups in total. The van der Waals surface area contributed by atoms with Crippen molar-refractivity contribution in [3.63, 3.8) is 0 Å². The summed E-state index contributed by atoms with van der Waals surface area (Å²) in [5.74, 6) is 1.85. The van der Waals surface area contributed by atoms with E-state index in [1.807, 2.05) is 0 Å². The van der Waals surface area contributed by atoms with Crippen molar-refractivity contribution in [1.29, 1.82) is 0 Å². The summed E-state index contributed by atoms with van der Waals surface area (Å²) in [6, 6.07) is 8.44. The minimum Gasteiger partial charge on any atom is -0.491 e. The molecule has 0 aromatic heterocycles. The van der Waals surface area contributed by atoms with Crippen LogP contribution in [0.3, 0.4) is 0 Å². The second-order valence-electron chi connectivity index (χ2n) is 6.27. The van der Waals surface area contributed by atoms with Gasteiger partial charge in [0, 0.05) is 13.1 Å². The topological polar surface area (TPSA) is 38.5 Å². The van der Waals surface area contributed by atoms with Gasteiger partial charge in [0.1, 0.15) is 5.75 Å². The summed E-state index contributed by atoms with van der Waals surface area (Å²) < 4.78 is 5.90. The highest BCUT2D eigenvalue weighted by molar-refractivity contribution is 5.61. The van der Waals surface area contributed by atoms with E-state index in [1.54, 1.807) is 0 Å². The number of ether oxygens (including phenoxy) is 1. The maximum absolute atomic E-state index is 6.24. The highest BCUT2D eigenvalue weighted by atomic mass is 16.5. The van der Waals surface area contributed by atoms with Crippen LogP contribution < -0.4 is 15.4 Å². The fourth-order valence-corrected chi connectivity index (χ4v) is 3.92. The first kappa shape index (κ1) is 13.7. The Kier molecular flexibility index (Phi) is 3.88. The lowest BCUT2D eigenvalue weighted by Gasteiger charge is -2.42. The Balaban J connectivity index is 1.95. The summed E-state index contributed by atoms with van der Waals surface area (Å²) in [5.41, 5.74) is 7.63. The molecule has 0 spiro atoms. The van der Waals surface area contributed by atoms with Crippen LogP contribution in [-0.2, 0) is 0 Å². The molecule has 110 valence electrons. The van der Waals surface area contributed by atoms with Crippen LogP contribution in [0.4, 0.5) is 5.69 Å². The Morgan fingerprint density at radius 2 is 2.25 bits per heavy atom. The maximum atomic E-state index is 6.24. The van der Waals surface area contributed by atoms with E-state index in [0.29, 0.717) is 0 Å². The molecule has 1 heterocycles. The molecule has 2 unspecified atom stereocenters. The maximum Gasteiger partial charge on any atom is 0.142 e. The third-order valence-corrected chi connectivity index (χ3v) is 5.16. The summed E-state index contributed by atoms with van der Waals surface area (Å²) in [5, 5.41) is 0. The molecule has 0 bridgehead atoms. The smallest absolute Gasteiger partial charge is 0.142 e. The molecule has 0 radical (unpaired) electrons. The number of hydrogen-bond acceptors (Lipinski definition) is 3. The Bertz CT molecular complexity index is 462. The minimum atomic E-state index is 0.143. The fraction of sp³-hybridized carbons (Fsp3) is 0.647. The average molecular weight is 274 g/mol. The Morgan fingerprint density at radius 1 is 1.40 bits per heavy atom. The number of para-hydroxylation sites is 2. The molecule has 1 aliphatic carbocycles. The molecule has 3 rings (SSSR count). The first-order valence-electron chi connectivity index (χ1n) is 7.98. The van der Waals surface area contributed by atoms with Crippen molar-refractivity contribution in [2.45, 2.75) is 44.6 Å². The van der Waals surface area contributed by atoms with E-state index in [9.17, 15) is 0 Å². The molecule has 3 heteroatoms. The van der Waals surface area contributed by atoms with Crippen molar-refractivity contribution in [2.24, 2.45) is 11.7 Å². The van der Waals surface area contributed by atoms with Gasteiger partial charge in [0.15, 0.2) is 0 Å². The molecule has 1 aromatic rings. The van der Waals surface area contributed by atoms with E-state index in [2.05, 4.69) is 36.1 Å². The highest BCUT2D eigenvalue weighted by Gasteiger charge is 2.43. The molecule has 2 aliphatic rings. The number of rotatable bonds is 3. The van der Waals surface area contributed by atoms with Crippen molar-refractivity contribution in [2.75, 3.05) is 24.6 Å². The number of fused-ring (bicyclic) bond motifs is 1. The highest BCUT2D eigenvalue weighted by Crippen LogP contribution is 2.45. The largest absolute Gasteiger partial charge is 0.491 e. The van der Waals surface area contributed by atoms with E-state index in [1.165, 1.54) is 31.4 Å². The summed E-state index contributed by atoms with van der Waals surface area (Å²) in [6.45, 7) is 4.92. The molecule has 1 saturated carbocycles. The van der Waals surface area contributed by atoms with E-state index in [0.717, 1.165) is 37.8 Å². The molecule has 20 heavy (non-hydrogen) atoms. The fourth-order valence-electron chi connectivity index (χ4n) is 3.92. The average Bonchev–Trinajstić information content (AvgIpc) is 2.81. The van der Waals surface area contributed by atoms with Gasteiger partial charge in [0.25, 0.3) is 0 Å². The van der Waals surface area contributed by atoms with Gasteiger partial charge in [0.2, 0.25) is 0 Å². The van der Waals surface area contributed by atoms with Gasteiger partial charge in [0.05, 0.1) is 17.8 Å². The number of hydrogen-bond donors (Lipinski definition) is 1. The van der Waals surface area contributed by atoms with Crippen molar-refractivity contribution < 1.29 is 4.74 Å². The van der Waals surface area contributed by atoms with Gasteiger partial charge >= 0.3 is 0 Å². The van der Waals surface area contributed by atoms with Crippen molar-refractivity contribution in [1.82, 2.24) is 0 Å². The zero-order chi connectivity index (χ0) is 14.0. The third kappa shape index (κ3) is 2.28. The van der Waals surface area contributed by atoms with Crippen LogP contribution in [0.2, 0.25) is 0 Å². The van der Waals surface area contributed by atoms with Crippen molar-refractivity contribution in [3.05, 3.63) is 24.3 Å². The van der Waals surface area contributed by atoms with Gasteiger partial charge in [-0.15, -0.1) is 0 Å². The van der Waals surface area contributed by atoms with Gasteiger partial charge in [-0.2, -0.15) is 0 Å². The second kappa shape index (κ2) is 5.65. The number of benzene rings is 1. The SMILES string of the molecule is CCC1CCC(CN)(N2CCCOc3ccccc32)C1. The van der Waals surface area contributed by atoms with Crippen LogP contribution in [0.15, 0.2) is 24.3 Å². The van der Waals surface area contributed by atoms with Crippen LogP contribution >= 0.6 is 0 Å². The second-order valence-corrected chi connectivity index (χ2v) is 6.27. The van der Waals surface area contributed by atoms with Gasteiger partial charge in [-0.3, -0.25) is 0 Å². The van der Waals surface area contributed by atoms with Crippen LogP contribution in [0, 0.1) is 5.92 Å². The lowest BCUT2D eigenvalue weighted by atomic mass is 9.91. The lowest BCUT2D eigenvalue weighted by Crippen LogP contribution is -2.53. The molecule has 1 aliphatic heterocycles. The summed E-state index contributed by atoms with van der Waals surface area (Å²) in [7, 11) is 0. The van der Waals surface area contributed by atoms with Gasteiger partial charge in [-0.05, 0) is 43.7 Å². The first-order valence-corrected chi connectivity index (χ1v) is 7.98. The number of nitrogens with zero attached hydrogens (tertiary/aromatic N) is 1. The molecule has 3 nitrogen and oxygen atoms in total. The summed E-state index contributed by atoms with van der Waals surface area (Å²) in [4.78, 5) is 2.56. The third-order valence-electron chi connectivity index (χ3n) is 5.16. The molecular weight excluding hydrogens is 248 g/mol. The monoisotopic (exact) mass is 274 g/mol. The Morgan fingerprint density at radius 3 is 3.00 bits per heavy atom. The van der Waals surface area contributed by atoms with E-state index in [-0.39, 0.29) is 5.54 Å². The van der Waals surface area contributed by atoms with E-state index >= 15 is 0 Å². The van der Waals surface area contributed by atoms with Gasteiger partial charge in [-0.25, -0.2) is 0 Å². The minimum absolute atomic E-state index is 0.143. The van der Waals surface area contributed by atoms with Gasteiger partial charge < -0.3 is 15.4 Å². The zero-order valence-electron chi connectivity index (χ0n) is 12.5. The van der Waals surface area contributed by atoms with Crippen LogP contribution in [0.5, 0.6) is 5.75 Å². The lowest BCUT2D eigenvalue weighted by molar-refractivity contribution is 0.320. The molecule has 0 saturated heterocycles. The standard InChI is InChI=1S/C17H26N2O/c1-2-14-8-9-17(12-14,13-18)19-10-5-11-20-16-7-4-3-6-15(16)19/h3-4,6-7,14H,2,5,8-13,18H2,1H3. The molecular formula is C17H26N2O. The van der Waals surface area contributed by atoms with Crippen molar-refractivity contribution >= 4 is 5.69 Å². The molecule has 1 aromatic carbocycles. The predicted octanol–water partition coefficient (Wildman–Crippen LogP) is 3.18. The van der Waals surface area contributed by atoms with E-state index < -0.39 is 0 Å².